The number of ether oxygens (including phenoxy) is 2. The summed E-state index contributed by atoms with van der Waals surface area (Å²) in [6.07, 6.45) is 9.03. The molecule has 2 aromatic carbocycles. The largest absolute Gasteiger partial charge is 0.496 e. The number of fused-ring (bicyclic) bond motifs is 3. The number of methoxy groups -OCH3 is 1. The molecule has 2 unspecified atom stereocenters. The van der Waals surface area contributed by atoms with Crippen molar-refractivity contribution < 1.29 is 9.47 Å². The van der Waals surface area contributed by atoms with Gasteiger partial charge in [0.2, 0.25) is 0 Å². The van der Waals surface area contributed by atoms with Gasteiger partial charge in [-0.1, -0.05) is 57.0 Å². The molecule has 1 heterocycles. The standard InChI is InChI=1S/C30H39N3O2/c1-5-9-21(2)26-18-22-14-16-30(26,17-15-22)29-32-31-28(33(29)3)25-13-12-24(19-27(25)34-4)35-20-23-10-7-6-8-11-23/h6-8,10-13,19,21-22,26H,5,9,14-18,20H2,1-4H3. The minimum atomic E-state index is 0.148. The van der Waals surface area contributed by atoms with Gasteiger partial charge in [-0.25, -0.2) is 0 Å². The van der Waals surface area contributed by atoms with Gasteiger partial charge < -0.3 is 14.0 Å². The van der Waals surface area contributed by atoms with E-state index in [0.717, 1.165) is 40.3 Å². The maximum atomic E-state index is 6.04. The van der Waals surface area contributed by atoms with Crippen molar-refractivity contribution in [1.29, 1.82) is 0 Å². The molecular formula is C30H39N3O2. The van der Waals surface area contributed by atoms with Gasteiger partial charge in [-0.15, -0.1) is 10.2 Å². The molecule has 3 aliphatic rings. The van der Waals surface area contributed by atoms with Gasteiger partial charge in [0.15, 0.2) is 5.82 Å². The van der Waals surface area contributed by atoms with Gasteiger partial charge in [0.25, 0.3) is 0 Å². The minimum Gasteiger partial charge on any atom is -0.496 e. The van der Waals surface area contributed by atoms with Crippen LogP contribution >= 0.6 is 0 Å². The molecule has 186 valence electrons. The molecule has 0 spiro atoms. The van der Waals surface area contributed by atoms with Gasteiger partial charge in [-0.3, -0.25) is 0 Å². The summed E-state index contributed by atoms with van der Waals surface area (Å²) in [4.78, 5) is 0. The molecule has 2 atom stereocenters. The third kappa shape index (κ3) is 4.46. The van der Waals surface area contributed by atoms with Crippen LogP contribution < -0.4 is 9.47 Å². The highest BCUT2D eigenvalue weighted by Gasteiger charge is 2.52. The van der Waals surface area contributed by atoms with Crippen LogP contribution in [0.2, 0.25) is 0 Å². The Morgan fingerprint density at radius 2 is 1.86 bits per heavy atom. The van der Waals surface area contributed by atoms with E-state index in [-0.39, 0.29) is 5.41 Å². The molecule has 3 aromatic rings. The summed E-state index contributed by atoms with van der Waals surface area (Å²) in [5.74, 6) is 5.91. The molecule has 3 aliphatic carbocycles. The quantitative estimate of drug-likeness (QED) is 0.337. The normalized spacial score (nSPS) is 24.3. The Kier molecular flexibility index (Phi) is 6.86. The number of nitrogens with zero attached hydrogens (tertiary/aromatic N) is 3. The van der Waals surface area contributed by atoms with Crippen LogP contribution in [0.5, 0.6) is 11.5 Å². The summed E-state index contributed by atoms with van der Waals surface area (Å²) in [7, 11) is 3.85. The molecule has 3 fully saturated rings. The molecule has 1 aromatic heterocycles. The molecule has 0 saturated heterocycles. The van der Waals surface area contributed by atoms with Gasteiger partial charge in [-0.05, 0) is 67.6 Å². The first-order valence-corrected chi connectivity index (χ1v) is 13.3. The van der Waals surface area contributed by atoms with Gasteiger partial charge in [0.1, 0.15) is 23.9 Å². The average molecular weight is 474 g/mol. The van der Waals surface area contributed by atoms with Crippen LogP contribution in [0.1, 0.15) is 70.2 Å². The number of benzene rings is 2. The molecule has 3 saturated carbocycles. The van der Waals surface area contributed by atoms with Crippen LogP contribution in [0.3, 0.4) is 0 Å². The molecule has 35 heavy (non-hydrogen) atoms. The fourth-order valence-electron chi connectivity index (χ4n) is 6.89. The van der Waals surface area contributed by atoms with Gasteiger partial charge in [0, 0.05) is 18.5 Å². The Morgan fingerprint density at radius 3 is 2.57 bits per heavy atom. The van der Waals surface area contributed by atoms with Crippen molar-refractivity contribution in [3.05, 3.63) is 59.9 Å². The Hall–Kier alpha value is -2.82. The zero-order valence-electron chi connectivity index (χ0n) is 21.7. The fraction of sp³-hybridized carbons (Fsp3) is 0.533. The Labute approximate surface area is 209 Å². The summed E-state index contributed by atoms with van der Waals surface area (Å²) in [6.45, 7) is 5.30. The van der Waals surface area contributed by atoms with E-state index in [1.165, 1.54) is 50.8 Å². The summed E-state index contributed by atoms with van der Waals surface area (Å²) in [5.41, 5.74) is 2.25. The van der Waals surface area contributed by atoms with Crippen LogP contribution in [0.15, 0.2) is 48.5 Å². The number of aromatic nitrogens is 3. The second-order valence-corrected chi connectivity index (χ2v) is 10.8. The fourth-order valence-corrected chi connectivity index (χ4v) is 6.89. The Balaban J connectivity index is 1.44. The zero-order chi connectivity index (χ0) is 24.4. The van der Waals surface area contributed by atoms with E-state index in [1.54, 1.807) is 7.11 Å². The summed E-state index contributed by atoms with van der Waals surface area (Å²) in [6, 6.07) is 16.2. The predicted octanol–water partition coefficient (Wildman–Crippen LogP) is 6.95. The number of rotatable bonds is 9. The smallest absolute Gasteiger partial charge is 0.167 e. The minimum absolute atomic E-state index is 0.148. The highest BCUT2D eigenvalue weighted by molar-refractivity contribution is 5.66. The monoisotopic (exact) mass is 473 g/mol. The maximum absolute atomic E-state index is 6.04. The molecular weight excluding hydrogens is 434 g/mol. The lowest BCUT2D eigenvalue weighted by molar-refractivity contribution is 0.0177. The van der Waals surface area contributed by atoms with Crippen LogP contribution in [-0.4, -0.2) is 21.9 Å². The molecule has 2 bridgehead atoms. The number of hydrogen-bond acceptors (Lipinski definition) is 4. The SMILES string of the molecule is CCCC(C)C1CC2CCC1(c1nnc(-c3ccc(OCc4ccccc4)cc3OC)n1C)CC2. The van der Waals surface area contributed by atoms with E-state index >= 15 is 0 Å². The Morgan fingerprint density at radius 1 is 1.09 bits per heavy atom. The maximum Gasteiger partial charge on any atom is 0.167 e. The first kappa shape index (κ1) is 23.9. The van der Waals surface area contributed by atoms with Gasteiger partial charge in [0.05, 0.1) is 12.7 Å². The summed E-state index contributed by atoms with van der Waals surface area (Å²) >= 11 is 0. The van der Waals surface area contributed by atoms with Crippen LogP contribution in [0.25, 0.3) is 11.4 Å². The van der Waals surface area contributed by atoms with Crippen LogP contribution in [0.4, 0.5) is 0 Å². The Bertz CT molecular complexity index is 1130. The highest BCUT2D eigenvalue weighted by atomic mass is 16.5. The van der Waals surface area contributed by atoms with Crippen molar-refractivity contribution in [3.8, 4) is 22.9 Å². The topological polar surface area (TPSA) is 49.2 Å². The predicted molar refractivity (Wildman–Crippen MR) is 140 cm³/mol. The van der Waals surface area contributed by atoms with Gasteiger partial charge in [-0.2, -0.15) is 0 Å². The van der Waals surface area contributed by atoms with Crippen LogP contribution in [0, 0.1) is 17.8 Å². The van der Waals surface area contributed by atoms with Crippen molar-refractivity contribution in [2.24, 2.45) is 24.8 Å². The first-order valence-electron chi connectivity index (χ1n) is 13.3. The third-order valence-corrected chi connectivity index (χ3v) is 8.71. The van der Waals surface area contributed by atoms with E-state index in [1.807, 2.05) is 30.3 Å². The molecule has 5 nitrogen and oxygen atoms in total. The van der Waals surface area contributed by atoms with Crippen molar-refractivity contribution in [2.75, 3.05) is 7.11 Å². The van der Waals surface area contributed by atoms with Crippen molar-refractivity contribution in [1.82, 2.24) is 14.8 Å². The molecule has 6 rings (SSSR count). The van der Waals surface area contributed by atoms with E-state index in [0.29, 0.717) is 12.5 Å². The highest BCUT2D eigenvalue weighted by Crippen LogP contribution is 2.57. The third-order valence-electron chi connectivity index (χ3n) is 8.71. The van der Waals surface area contributed by atoms with Crippen molar-refractivity contribution >= 4 is 0 Å². The zero-order valence-corrected chi connectivity index (χ0v) is 21.7. The first-order chi connectivity index (χ1) is 17.1. The lowest BCUT2D eigenvalue weighted by atomic mass is 9.51. The van der Waals surface area contributed by atoms with E-state index in [4.69, 9.17) is 19.7 Å². The number of hydrogen-bond donors (Lipinski definition) is 0. The lowest BCUT2D eigenvalue weighted by Gasteiger charge is -2.53. The summed E-state index contributed by atoms with van der Waals surface area (Å²) < 4.78 is 14.1. The average Bonchev–Trinajstić information content (AvgIpc) is 3.30. The van der Waals surface area contributed by atoms with Crippen molar-refractivity contribution in [2.45, 2.75) is 70.8 Å². The van der Waals surface area contributed by atoms with E-state index < -0.39 is 0 Å². The second-order valence-electron chi connectivity index (χ2n) is 10.8. The molecule has 0 N–H and O–H groups in total. The molecule has 0 radical (unpaired) electrons. The lowest BCUT2D eigenvalue weighted by Crippen LogP contribution is -2.49. The van der Waals surface area contributed by atoms with Crippen molar-refractivity contribution in [3.63, 3.8) is 0 Å². The molecule has 0 aliphatic heterocycles. The van der Waals surface area contributed by atoms with Gasteiger partial charge >= 0.3 is 0 Å². The molecule has 5 heteroatoms. The second kappa shape index (κ2) is 10.0. The van der Waals surface area contributed by atoms with E-state index in [9.17, 15) is 0 Å². The van der Waals surface area contributed by atoms with Crippen LogP contribution in [-0.2, 0) is 19.1 Å². The van der Waals surface area contributed by atoms with E-state index in [2.05, 4.69) is 43.7 Å². The summed E-state index contributed by atoms with van der Waals surface area (Å²) in [5, 5.41) is 9.61. The molecule has 0 amide bonds.